The Balaban J connectivity index is 2.09. The van der Waals surface area contributed by atoms with Crippen molar-refractivity contribution in [2.24, 2.45) is 4.99 Å². The minimum absolute atomic E-state index is 0.724. The second-order valence-electron chi connectivity index (χ2n) is 3.81. The number of hydrogen-bond donors (Lipinski definition) is 3. The first-order valence-electron chi connectivity index (χ1n) is 6.21. The molecule has 0 aromatic heterocycles. The molecule has 0 unspecified atom stereocenters. The van der Waals surface area contributed by atoms with Crippen molar-refractivity contribution >= 4 is 11.6 Å². The van der Waals surface area contributed by atoms with E-state index >= 15 is 0 Å². The molecule has 0 amide bonds. The number of aliphatic imine (C=N–C) groups is 1. The van der Waals surface area contributed by atoms with Crippen molar-refractivity contribution in [3.05, 3.63) is 43.0 Å². The van der Waals surface area contributed by atoms with Crippen LogP contribution >= 0.6 is 0 Å². The van der Waals surface area contributed by atoms with E-state index in [1.54, 1.807) is 7.05 Å². The van der Waals surface area contributed by atoms with Crippen molar-refractivity contribution in [3.63, 3.8) is 0 Å². The fourth-order valence-corrected chi connectivity index (χ4v) is 1.47. The van der Waals surface area contributed by atoms with Gasteiger partial charge in [-0.1, -0.05) is 24.3 Å². The van der Waals surface area contributed by atoms with Crippen LogP contribution in [0.2, 0.25) is 0 Å². The van der Waals surface area contributed by atoms with Crippen molar-refractivity contribution in [2.45, 2.75) is 6.42 Å². The highest BCUT2D eigenvalue weighted by molar-refractivity contribution is 5.79. The minimum Gasteiger partial charge on any atom is -0.385 e. The van der Waals surface area contributed by atoms with Gasteiger partial charge in [-0.15, -0.1) is 6.58 Å². The molecule has 1 aromatic carbocycles. The fraction of sp³-hybridized carbons (Fsp3) is 0.357. The summed E-state index contributed by atoms with van der Waals surface area (Å²) in [5, 5.41) is 9.73. The molecule has 0 atom stereocenters. The van der Waals surface area contributed by atoms with Gasteiger partial charge in [0.25, 0.3) is 0 Å². The van der Waals surface area contributed by atoms with E-state index in [0.29, 0.717) is 0 Å². The van der Waals surface area contributed by atoms with Gasteiger partial charge in [-0.3, -0.25) is 4.99 Å². The Labute approximate surface area is 109 Å². The van der Waals surface area contributed by atoms with Gasteiger partial charge in [0.1, 0.15) is 0 Å². The van der Waals surface area contributed by atoms with Crippen LogP contribution in [0.25, 0.3) is 0 Å². The smallest absolute Gasteiger partial charge is 0.191 e. The lowest BCUT2D eigenvalue weighted by Crippen LogP contribution is -2.38. The Bertz CT molecular complexity index is 359. The van der Waals surface area contributed by atoms with E-state index in [9.17, 15) is 0 Å². The molecular weight excluding hydrogens is 224 g/mol. The Morgan fingerprint density at radius 1 is 1.22 bits per heavy atom. The molecule has 0 saturated carbocycles. The molecule has 0 heterocycles. The van der Waals surface area contributed by atoms with Crippen LogP contribution in [0.4, 0.5) is 5.69 Å². The van der Waals surface area contributed by atoms with Gasteiger partial charge in [0.05, 0.1) is 0 Å². The predicted molar refractivity (Wildman–Crippen MR) is 79.1 cm³/mol. The Morgan fingerprint density at radius 3 is 2.67 bits per heavy atom. The zero-order chi connectivity index (χ0) is 13.1. The largest absolute Gasteiger partial charge is 0.385 e. The van der Waals surface area contributed by atoms with E-state index < -0.39 is 0 Å². The summed E-state index contributed by atoms with van der Waals surface area (Å²) in [5.74, 6) is 0.814. The number of guanidine groups is 1. The van der Waals surface area contributed by atoms with Gasteiger partial charge in [0.15, 0.2) is 5.96 Å². The lowest BCUT2D eigenvalue weighted by atomic mass is 10.3. The predicted octanol–water partition coefficient (Wildman–Crippen LogP) is 1.84. The zero-order valence-electron chi connectivity index (χ0n) is 10.9. The highest BCUT2D eigenvalue weighted by Gasteiger charge is 1.94. The van der Waals surface area contributed by atoms with E-state index in [2.05, 4.69) is 39.7 Å². The fourth-order valence-electron chi connectivity index (χ4n) is 1.47. The van der Waals surface area contributed by atoms with Crippen LogP contribution in [0.15, 0.2) is 48.0 Å². The molecule has 0 aliphatic rings. The minimum atomic E-state index is 0.724. The molecule has 4 heteroatoms. The second kappa shape index (κ2) is 9.10. The van der Waals surface area contributed by atoms with Crippen LogP contribution < -0.4 is 16.0 Å². The number of para-hydroxylation sites is 1. The van der Waals surface area contributed by atoms with E-state index in [0.717, 1.165) is 37.7 Å². The summed E-state index contributed by atoms with van der Waals surface area (Å²) >= 11 is 0. The lowest BCUT2D eigenvalue weighted by molar-refractivity contribution is 0.778. The van der Waals surface area contributed by atoms with Crippen molar-refractivity contribution in [1.29, 1.82) is 0 Å². The van der Waals surface area contributed by atoms with E-state index in [-0.39, 0.29) is 0 Å². The number of anilines is 1. The van der Waals surface area contributed by atoms with Crippen molar-refractivity contribution in [2.75, 3.05) is 32.0 Å². The first kappa shape index (κ1) is 14.1. The summed E-state index contributed by atoms with van der Waals surface area (Å²) < 4.78 is 0. The SMILES string of the molecule is C=CCNC(=NC)NCCCNc1ccccc1. The maximum Gasteiger partial charge on any atom is 0.191 e. The summed E-state index contributed by atoms with van der Waals surface area (Å²) in [6.07, 6.45) is 2.84. The third-order valence-corrected chi connectivity index (χ3v) is 2.39. The van der Waals surface area contributed by atoms with E-state index in [1.807, 2.05) is 24.3 Å². The monoisotopic (exact) mass is 246 g/mol. The third kappa shape index (κ3) is 5.94. The summed E-state index contributed by atoms with van der Waals surface area (Å²) in [6, 6.07) is 10.2. The van der Waals surface area contributed by atoms with Gasteiger partial charge in [-0.05, 0) is 18.6 Å². The highest BCUT2D eigenvalue weighted by Crippen LogP contribution is 2.03. The van der Waals surface area contributed by atoms with Gasteiger partial charge in [0, 0.05) is 32.4 Å². The van der Waals surface area contributed by atoms with Crippen LogP contribution in [0.5, 0.6) is 0 Å². The average molecular weight is 246 g/mol. The first-order chi connectivity index (χ1) is 8.86. The molecule has 0 spiro atoms. The summed E-state index contributed by atoms with van der Waals surface area (Å²) in [6.45, 7) is 6.20. The van der Waals surface area contributed by atoms with Crippen molar-refractivity contribution in [1.82, 2.24) is 10.6 Å². The molecule has 98 valence electrons. The molecule has 0 aliphatic carbocycles. The number of rotatable bonds is 7. The van der Waals surface area contributed by atoms with Crippen LogP contribution in [0.3, 0.4) is 0 Å². The number of benzene rings is 1. The number of nitrogens with zero attached hydrogens (tertiary/aromatic N) is 1. The molecule has 1 aromatic rings. The molecule has 0 saturated heterocycles. The topological polar surface area (TPSA) is 48.5 Å². The molecule has 0 bridgehead atoms. The molecule has 4 nitrogen and oxygen atoms in total. The molecule has 1 rings (SSSR count). The maximum absolute atomic E-state index is 4.11. The second-order valence-corrected chi connectivity index (χ2v) is 3.81. The summed E-state index contributed by atoms with van der Waals surface area (Å²) in [5.41, 5.74) is 1.16. The lowest BCUT2D eigenvalue weighted by Gasteiger charge is -2.11. The average Bonchev–Trinajstić information content (AvgIpc) is 2.43. The maximum atomic E-state index is 4.11. The van der Waals surface area contributed by atoms with Gasteiger partial charge in [-0.25, -0.2) is 0 Å². The van der Waals surface area contributed by atoms with Gasteiger partial charge in [-0.2, -0.15) is 0 Å². The number of hydrogen-bond acceptors (Lipinski definition) is 2. The Morgan fingerprint density at radius 2 is 2.00 bits per heavy atom. The van der Waals surface area contributed by atoms with E-state index in [1.165, 1.54) is 0 Å². The molecule has 0 radical (unpaired) electrons. The van der Waals surface area contributed by atoms with Crippen LogP contribution in [-0.2, 0) is 0 Å². The molecule has 0 aliphatic heterocycles. The third-order valence-electron chi connectivity index (χ3n) is 2.39. The standard InChI is InChI=1S/C14H22N4/c1-3-10-17-14(15-2)18-12-7-11-16-13-8-5-4-6-9-13/h3-6,8-9,16H,1,7,10-12H2,2H3,(H2,15,17,18). The van der Waals surface area contributed by atoms with Crippen molar-refractivity contribution in [3.8, 4) is 0 Å². The quantitative estimate of drug-likeness (QED) is 0.298. The van der Waals surface area contributed by atoms with Gasteiger partial charge in [0.2, 0.25) is 0 Å². The van der Waals surface area contributed by atoms with E-state index in [4.69, 9.17) is 0 Å². The first-order valence-corrected chi connectivity index (χ1v) is 6.21. The van der Waals surface area contributed by atoms with Crippen LogP contribution in [0, 0.1) is 0 Å². The Kier molecular flexibility index (Phi) is 7.13. The number of nitrogens with one attached hydrogen (secondary N) is 3. The molecule has 0 fully saturated rings. The van der Waals surface area contributed by atoms with Crippen LogP contribution in [-0.4, -0.2) is 32.6 Å². The van der Waals surface area contributed by atoms with Gasteiger partial charge >= 0.3 is 0 Å². The summed E-state index contributed by atoms with van der Waals surface area (Å²) in [7, 11) is 1.76. The highest BCUT2D eigenvalue weighted by atomic mass is 15.2. The summed E-state index contributed by atoms with van der Waals surface area (Å²) in [4.78, 5) is 4.11. The molecule has 3 N–H and O–H groups in total. The van der Waals surface area contributed by atoms with Crippen LogP contribution in [0.1, 0.15) is 6.42 Å². The van der Waals surface area contributed by atoms with Crippen molar-refractivity contribution < 1.29 is 0 Å². The van der Waals surface area contributed by atoms with Gasteiger partial charge < -0.3 is 16.0 Å². The zero-order valence-corrected chi connectivity index (χ0v) is 10.9. The Hall–Kier alpha value is -1.97. The molecular formula is C14H22N4. The normalized spacial score (nSPS) is 10.8. The molecule has 18 heavy (non-hydrogen) atoms.